The molecule has 0 spiro atoms. The van der Waals surface area contributed by atoms with Crippen LogP contribution in [0.5, 0.6) is 0 Å². The largest absolute Gasteiger partial charge is 0.382 e. The number of carbonyl (C=O) groups excluding carboxylic acids is 2. The molecular weight excluding hydrogens is 444 g/mol. The summed E-state index contributed by atoms with van der Waals surface area (Å²) >= 11 is 0. The molecule has 2 amide bonds. The normalized spacial score (nSPS) is 17.3. The Morgan fingerprint density at radius 1 is 1.17 bits per heavy atom. The van der Waals surface area contributed by atoms with Crippen molar-refractivity contribution in [2.75, 3.05) is 25.0 Å². The first kappa shape index (κ1) is 23.1. The molecule has 184 valence electrons. The third-order valence-electron chi connectivity index (χ3n) is 7.01. The number of fused-ring (bicyclic) bond motifs is 3. The topological polar surface area (TPSA) is 101 Å². The van der Waals surface area contributed by atoms with E-state index in [0.717, 1.165) is 61.3 Å². The van der Waals surface area contributed by atoms with Crippen LogP contribution in [0.25, 0.3) is 11.0 Å². The number of imidazole rings is 1. The smallest absolute Gasteiger partial charge is 0.250 e. The van der Waals surface area contributed by atoms with Crippen LogP contribution in [-0.4, -0.2) is 56.5 Å². The first-order valence-corrected chi connectivity index (χ1v) is 12.5. The lowest BCUT2D eigenvalue weighted by molar-refractivity contribution is -0.132. The van der Waals surface area contributed by atoms with Gasteiger partial charge in [-0.15, -0.1) is 0 Å². The Hall–Kier alpha value is -3.62. The van der Waals surface area contributed by atoms with Gasteiger partial charge in [-0.1, -0.05) is 6.07 Å². The van der Waals surface area contributed by atoms with Crippen LogP contribution in [0.1, 0.15) is 37.6 Å². The summed E-state index contributed by atoms with van der Waals surface area (Å²) < 4.78 is 3.58. The van der Waals surface area contributed by atoms with Gasteiger partial charge in [0.1, 0.15) is 12.4 Å². The molecule has 4 heterocycles. The lowest BCUT2D eigenvalue weighted by Crippen LogP contribution is -2.39. The number of pyridine rings is 1. The van der Waals surface area contributed by atoms with Crippen molar-refractivity contribution in [3.8, 4) is 0 Å². The molecule has 2 N–H and O–H groups in total. The maximum atomic E-state index is 12.9. The van der Waals surface area contributed by atoms with Gasteiger partial charge in [0.2, 0.25) is 11.8 Å². The van der Waals surface area contributed by atoms with Crippen molar-refractivity contribution in [3.63, 3.8) is 0 Å². The number of benzene rings is 1. The van der Waals surface area contributed by atoms with Crippen molar-refractivity contribution < 1.29 is 9.59 Å². The lowest BCUT2D eigenvalue weighted by atomic mass is 9.98. The van der Waals surface area contributed by atoms with Crippen LogP contribution in [0.4, 0.5) is 5.69 Å². The van der Waals surface area contributed by atoms with Gasteiger partial charge in [-0.2, -0.15) is 0 Å². The molecule has 0 saturated carbocycles. The van der Waals surface area contributed by atoms with Gasteiger partial charge >= 0.3 is 0 Å². The minimum atomic E-state index is -0.223. The average molecular weight is 477 g/mol. The highest BCUT2D eigenvalue weighted by Gasteiger charge is 2.23. The van der Waals surface area contributed by atoms with Crippen molar-refractivity contribution in [3.05, 3.63) is 58.3 Å². The van der Waals surface area contributed by atoms with Gasteiger partial charge in [0.25, 0.3) is 5.56 Å². The van der Waals surface area contributed by atoms with Gasteiger partial charge in [-0.25, -0.2) is 4.98 Å². The monoisotopic (exact) mass is 476 g/mol. The van der Waals surface area contributed by atoms with E-state index in [1.807, 2.05) is 16.7 Å². The Morgan fingerprint density at radius 3 is 2.80 bits per heavy atom. The number of nitrogens with one attached hydrogen (secondary N) is 2. The summed E-state index contributed by atoms with van der Waals surface area (Å²) in [5, 5.41) is 6.32. The number of amides is 2. The molecule has 2 aliphatic rings. The van der Waals surface area contributed by atoms with Gasteiger partial charge in [0.15, 0.2) is 0 Å². The highest BCUT2D eigenvalue weighted by Crippen LogP contribution is 2.32. The van der Waals surface area contributed by atoms with Gasteiger partial charge in [-0.05, 0) is 50.8 Å². The van der Waals surface area contributed by atoms with E-state index in [4.69, 9.17) is 4.98 Å². The third kappa shape index (κ3) is 4.94. The molecule has 9 nitrogen and oxygen atoms in total. The maximum Gasteiger partial charge on any atom is 0.250 e. The number of rotatable bonds is 7. The summed E-state index contributed by atoms with van der Waals surface area (Å²) in [5.41, 5.74) is 3.99. The molecule has 0 radical (unpaired) electrons. The molecule has 1 saturated heterocycles. The van der Waals surface area contributed by atoms with E-state index in [9.17, 15) is 14.4 Å². The number of aromatic nitrogens is 3. The fraction of sp³-hybridized carbons (Fsp3) is 0.462. The second kappa shape index (κ2) is 9.93. The molecular formula is C26H32N6O3. The average Bonchev–Trinajstić information content (AvgIpc) is 3.51. The van der Waals surface area contributed by atoms with Crippen molar-refractivity contribution >= 4 is 28.5 Å². The molecule has 9 heteroatoms. The van der Waals surface area contributed by atoms with E-state index in [1.165, 1.54) is 11.6 Å². The van der Waals surface area contributed by atoms with Crippen LogP contribution in [0.3, 0.4) is 0 Å². The molecule has 1 atom stereocenters. The van der Waals surface area contributed by atoms with E-state index in [-0.39, 0.29) is 30.5 Å². The summed E-state index contributed by atoms with van der Waals surface area (Å²) in [7, 11) is 0. The van der Waals surface area contributed by atoms with Crippen LogP contribution in [0.15, 0.2) is 41.3 Å². The maximum absolute atomic E-state index is 12.9. The molecule has 2 aliphatic heterocycles. The minimum Gasteiger partial charge on any atom is -0.382 e. The number of nitrogens with zero attached hydrogens (tertiary/aromatic N) is 4. The summed E-state index contributed by atoms with van der Waals surface area (Å²) in [5.74, 6) is 0.493. The molecule has 0 unspecified atom stereocenters. The fourth-order valence-electron chi connectivity index (χ4n) is 5.07. The van der Waals surface area contributed by atoms with E-state index in [0.29, 0.717) is 19.0 Å². The zero-order valence-electron chi connectivity index (χ0n) is 20.1. The van der Waals surface area contributed by atoms with Crippen molar-refractivity contribution in [1.82, 2.24) is 24.3 Å². The quantitative estimate of drug-likeness (QED) is 0.543. The van der Waals surface area contributed by atoms with Crippen molar-refractivity contribution in [1.29, 1.82) is 0 Å². The number of anilines is 1. The summed E-state index contributed by atoms with van der Waals surface area (Å²) in [6.07, 6.45) is 6.26. The van der Waals surface area contributed by atoms with E-state index >= 15 is 0 Å². The van der Waals surface area contributed by atoms with Crippen LogP contribution in [-0.2, 0) is 35.5 Å². The standard InChI is InChI=1S/C26H32N6O3/c1-18-7-8-19-20(28-18)9-10-21-26(19)29-22(11-15-31-12-3-2-6-24(31)34)32(21)17-23(33)27-16-25(35)30-13-4-5-14-30/h2-3,6,9-10,12,18,28H,4-5,7-8,11,13-17H2,1H3,(H,27,33)/t18-/m0/s1. The number of hydrogen-bond acceptors (Lipinski definition) is 5. The van der Waals surface area contributed by atoms with Gasteiger partial charge in [0, 0.05) is 55.6 Å². The molecule has 1 aromatic carbocycles. The molecule has 35 heavy (non-hydrogen) atoms. The van der Waals surface area contributed by atoms with Crippen molar-refractivity contribution in [2.24, 2.45) is 0 Å². The second-order valence-electron chi connectivity index (χ2n) is 9.50. The Kier molecular flexibility index (Phi) is 6.57. The molecule has 1 fully saturated rings. The molecule has 5 rings (SSSR count). The molecule has 2 aromatic heterocycles. The Balaban J connectivity index is 1.40. The minimum absolute atomic E-state index is 0.0113. The van der Waals surface area contributed by atoms with Gasteiger partial charge in [-0.3, -0.25) is 14.4 Å². The van der Waals surface area contributed by atoms with E-state index < -0.39 is 0 Å². The summed E-state index contributed by atoms with van der Waals surface area (Å²) in [6, 6.07) is 9.57. The molecule has 3 aromatic rings. The molecule has 0 bridgehead atoms. The Morgan fingerprint density at radius 2 is 2.00 bits per heavy atom. The van der Waals surface area contributed by atoms with Crippen LogP contribution >= 0.6 is 0 Å². The summed E-state index contributed by atoms with van der Waals surface area (Å²) in [6.45, 7) is 4.25. The zero-order valence-corrected chi connectivity index (χ0v) is 20.1. The number of hydrogen-bond donors (Lipinski definition) is 2. The van der Waals surface area contributed by atoms with E-state index in [2.05, 4.69) is 23.6 Å². The number of likely N-dealkylation sites (tertiary alicyclic amines) is 1. The predicted molar refractivity (Wildman–Crippen MR) is 134 cm³/mol. The van der Waals surface area contributed by atoms with Crippen LogP contribution < -0.4 is 16.2 Å². The van der Waals surface area contributed by atoms with Crippen LogP contribution in [0, 0.1) is 0 Å². The molecule has 0 aliphatic carbocycles. The zero-order chi connectivity index (χ0) is 24.4. The number of aryl methyl sites for hydroxylation is 3. The SMILES string of the molecule is C[C@H]1CCc2c(ccc3c2nc(CCn2ccccc2=O)n3CC(=O)NCC(=O)N2CCCC2)N1. The van der Waals surface area contributed by atoms with Gasteiger partial charge in [0.05, 0.1) is 17.6 Å². The second-order valence-corrected chi connectivity index (χ2v) is 9.50. The first-order chi connectivity index (χ1) is 17.0. The van der Waals surface area contributed by atoms with E-state index in [1.54, 1.807) is 21.7 Å². The summed E-state index contributed by atoms with van der Waals surface area (Å²) in [4.78, 5) is 44.2. The van der Waals surface area contributed by atoms with Crippen molar-refractivity contribution in [2.45, 2.75) is 58.2 Å². The highest BCUT2D eigenvalue weighted by molar-refractivity contribution is 5.88. The first-order valence-electron chi connectivity index (χ1n) is 12.5. The van der Waals surface area contributed by atoms with Crippen LogP contribution in [0.2, 0.25) is 0 Å². The number of carbonyl (C=O) groups is 2. The fourth-order valence-corrected chi connectivity index (χ4v) is 5.07. The Bertz CT molecular complexity index is 1300. The predicted octanol–water partition coefficient (Wildman–Crippen LogP) is 1.93. The Labute approximate surface area is 204 Å². The highest BCUT2D eigenvalue weighted by atomic mass is 16.2. The van der Waals surface area contributed by atoms with Gasteiger partial charge < -0.3 is 24.7 Å². The third-order valence-corrected chi connectivity index (χ3v) is 7.01. The lowest BCUT2D eigenvalue weighted by Gasteiger charge is -2.24.